The molecule has 0 heterocycles. The van der Waals surface area contributed by atoms with Crippen LogP contribution in [0.3, 0.4) is 0 Å². The number of benzene rings is 2. The lowest BCUT2D eigenvalue weighted by Crippen LogP contribution is -2.18. The molecule has 158 valence electrons. The highest BCUT2D eigenvalue weighted by atomic mass is 35.5. The van der Waals surface area contributed by atoms with Crippen LogP contribution < -0.4 is 5.32 Å². The van der Waals surface area contributed by atoms with Gasteiger partial charge in [0.2, 0.25) is 11.7 Å². The molecule has 2 aromatic carbocycles. The molecule has 0 bridgehead atoms. The molecule has 4 nitrogen and oxygen atoms in total. The fourth-order valence-electron chi connectivity index (χ4n) is 3.39. The minimum absolute atomic E-state index is 0.0260. The number of hydrogen-bond acceptors (Lipinski definition) is 3. The summed E-state index contributed by atoms with van der Waals surface area (Å²) < 4.78 is -1.25. The number of Topliss-reactive ketones (excluding diaryl/α,β-unsaturated/α-hetero) is 1. The van der Waals surface area contributed by atoms with Gasteiger partial charge in [-0.3, -0.25) is 9.59 Å². The van der Waals surface area contributed by atoms with Crippen molar-refractivity contribution in [2.45, 2.75) is 36.9 Å². The Morgan fingerprint density at radius 2 is 1.80 bits per heavy atom. The van der Waals surface area contributed by atoms with E-state index in [-0.39, 0.29) is 22.2 Å². The van der Waals surface area contributed by atoms with Crippen molar-refractivity contribution in [3.05, 3.63) is 63.1 Å². The zero-order valence-electron chi connectivity index (χ0n) is 16.4. The van der Waals surface area contributed by atoms with Crippen LogP contribution >= 0.6 is 46.4 Å². The molecule has 0 saturated heterocycles. The van der Waals surface area contributed by atoms with Crippen molar-refractivity contribution in [3.63, 3.8) is 0 Å². The third-order valence-corrected chi connectivity index (χ3v) is 6.82. The summed E-state index contributed by atoms with van der Waals surface area (Å²) in [4.78, 5) is 25.3. The van der Waals surface area contributed by atoms with Crippen molar-refractivity contribution in [2.75, 3.05) is 5.32 Å². The highest BCUT2D eigenvalue weighted by molar-refractivity contribution is 6.53. The molecule has 1 amide bonds. The minimum Gasteiger partial charge on any atom is -0.326 e. The van der Waals surface area contributed by atoms with Gasteiger partial charge in [0.15, 0.2) is 0 Å². The Morgan fingerprint density at radius 1 is 1.10 bits per heavy atom. The van der Waals surface area contributed by atoms with E-state index in [0.29, 0.717) is 23.6 Å². The molecule has 30 heavy (non-hydrogen) atoms. The number of halogens is 4. The number of anilines is 1. The van der Waals surface area contributed by atoms with Crippen molar-refractivity contribution in [1.82, 2.24) is 0 Å². The van der Waals surface area contributed by atoms with E-state index < -0.39 is 22.0 Å². The Labute approximate surface area is 195 Å². The smallest absolute Gasteiger partial charge is 0.231 e. The van der Waals surface area contributed by atoms with Crippen LogP contribution in [0.15, 0.2) is 36.4 Å². The van der Waals surface area contributed by atoms with Gasteiger partial charge < -0.3 is 10.7 Å². The van der Waals surface area contributed by atoms with Crippen LogP contribution in [0.5, 0.6) is 0 Å². The van der Waals surface area contributed by atoms with Crippen molar-refractivity contribution in [3.8, 4) is 0 Å². The SMILES string of the molecule is CCCC(=N)C(=O)c1cc(NC(=O)C2C(c3ccc(C)c(Cl)c3)C2(Cl)Cl)ccc1Cl. The van der Waals surface area contributed by atoms with Gasteiger partial charge in [-0.05, 0) is 48.7 Å². The molecule has 0 spiro atoms. The topological polar surface area (TPSA) is 70.0 Å². The number of alkyl halides is 2. The normalized spacial score (nSPS) is 19.3. The maximum absolute atomic E-state index is 12.9. The molecule has 2 N–H and O–H groups in total. The second kappa shape index (κ2) is 8.88. The van der Waals surface area contributed by atoms with E-state index in [9.17, 15) is 9.59 Å². The lowest BCUT2D eigenvalue weighted by molar-refractivity contribution is -0.117. The lowest BCUT2D eigenvalue weighted by Gasteiger charge is -2.09. The summed E-state index contributed by atoms with van der Waals surface area (Å²) in [6.45, 7) is 3.77. The largest absolute Gasteiger partial charge is 0.326 e. The molecule has 1 aliphatic carbocycles. The second-order valence-electron chi connectivity index (χ2n) is 7.38. The van der Waals surface area contributed by atoms with Gasteiger partial charge in [0.05, 0.1) is 16.7 Å². The minimum atomic E-state index is -1.25. The monoisotopic (exact) mass is 484 g/mol. The van der Waals surface area contributed by atoms with E-state index >= 15 is 0 Å². The van der Waals surface area contributed by atoms with E-state index in [1.165, 1.54) is 12.1 Å². The number of carbonyl (C=O) groups is 2. The molecule has 8 heteroatoms. The number of rotatable bonds is 7. The van der Waals surface area contributed by atoms with Gasteiger partial charge >= 0.3 is 0 Å². The number of amides is 1. The fraction of sp³-hybridized carbons (Fsp3) is 0.318. The molecular weight excluding hydrogens is 466 g/mol. The number of ketones is 1. The summed E-state index contributed by atoms with van der Waals surface area (Å²) in [5.74, 6) is -1.90. The molecule has 0 radical (unpaired) electrons. The van der Waals surface area contributed by atoms with Crippen LogP contribution in [0, 0.1) is 18.3 Å². The van der Waals surface area contributed by atoms with E-state index in [0.717, 1.165) is 11.1 Å². The number of carbonyl (C=O) groups excluding carboxylic acids is 2. The third-order valence-electron chi connectivity index (χ3n) is 5.14. The molecule has 2 aromatic rings. The Hall–Kier alpha value is -1.59. The maximum Gasteiger partial charge on any atom is 0.231 e. The Balaban J connectivity index is 1.79. The van der Waals surface area contributed by atoms with Crippen LogP contribution in [0.25, 0.3) is 0 Å². The Bertz CT molecular complexity index is 1040. The highest BCUT2D eigenvalue weighted by Crippen LogP contribution is 2.65. The van der Waals surface area contributed by atoms with Gasteiger partial charge in [0, 0.05) is 22.2 Å². The van der Waals surface area contributed by atoms with E-state index in [2.05, 4.69) is 5.32 Å². The lowest BCUT2D eigenvalue weighted by atomic mass is 10.0. The fourth-order valence-corrected chi connectivity index (χ4v) is 4.61. The molecule has 1 aliphatic rings. The van der Waals surface area contributed by atoms with Crippen LogP contribution in [0.1, 0.15) is 47.2 Å². The first-order chi connectivity index (χ1) is 14.1. The number of nitrogens with one attached hydrogen (secondary N) is 2. The zero-order chi connectivity index (χ0) is 22.2. The van der Waals surface area contributed by atoms with Gasteiger partial charge in [-0.2, -0.15) is 0 Å². The summed E-state index contributed by atoms with van der Waals surface area (Å²) >= 11 is 25.1. The molecule has 3 rings (SSSR count). The molecule has 2 unspecified atom stereocenters. The summed E-state index contributed by atoms with van der Waals surface area (Å²) in [6.07, 6.45) is 1.04. The Kier molecular flexibility index (Phi) is 6.83. The van der Waals surface area contributed by atoms with Gasteiger partial charge in [0.25, 0.3) is 0 Å². The second-order valence-corrected chi connectivity index (χ2v) is 9.64. The van der Waals surface area contributed by atoms with Crippen LogP contribution in [0.2, 0.25) is 10.0 Å². The van der Waals surface area contributed by atoms with Gasteiger partial charge in [-0.25, -0.2) is 0 Å². The van der Waals surface area contributed by atoms with Crippen molar-refractivity contribution in [2.24, 2.45) is 5.92 Å². The quantitative estimate of drug-likeness (QED) is 0.256. The summed E-state index contributed by atoms with van der Waals surface area (Å²) in [7, 11) is 0. The standard InChI is InChI=1S/C22H20Cl4N2O2/c1-3-4-17(27)20(29)14-10-13(7-8-15(14)23)28-21(30)19-18(22(19,25)26)12-6-5-11(2)16(24)9-12/h5-10,18-19,27H,3-4H2,1-2H3,(H,28,30). The summed E-state index contributed by atoms with van der Waals surface area (Å²) in [5, 5.41) is 11.4. The first-order valence-electron chi connectivity index (χ1n) is 9.44. The van der Waals surface area contributed by atoms with E-state index in [4.69, 9.17) is 51.8 Å². The number of hydrogen-bond donors (Lipinski definition) is 2. The van der Waals surface area contributed by atoms with Crippen LogP contribution in [-0.2, 0) is 4.79 Å². The summed E-state index contributed by atoms with van der Waals surface area (Å²) in [6, 6.07) is 10.1. The first kappa shape index (κ1) is 23.1. The molecule has 0 aromatic heterocycles. The van der Waals surface area contributed by atoms with E-state index in [1.807, 2.05) is 26.0 Å². The average Bonchev–Trinajstić information content (AvgIpc) is 3.27. The van der Waals surface area contributed by atoms with Crippen LogP contribution in [0.4, 0.5) is 5.69 Å². The van der Waals surface area contributed by atoms with Crippen molar-refractivity contribution in [1.29, 1.82) is 5.41 Å². The highest BCUT2D eigenvalue weighted by Gasteiger charge is 2.67. The molecular formula is C22H20Cl4N2O2. The predicted molar refractivity (Wildman–Crippen MR) is 124 cm³/mol. The predicted octanol–water partition coefficient (Wildman–Crippen LogP) is 6.83. The molecule has 2 atom stereocenters. The zero-order valence-corrected chi connectivity index (χ0v) is 19.4. The third kappa shape index (κ3) is 4.52. The molecule has 1 fully saturated rings. The van der Waals surface area contributed by atoms with Gasteiger partial charge in [-0.15, -0.1) is 23.2 Å². The summed E-state index contributed by atoms with van der Waals surface area (Å²) in [5.41, 5.74) is 2.24. The van der Waals surface area contributed by atoms with Crippen LogP contribution in [-0.4, -0.2) is 21.7 Å². The maximum atomic E-state index is 12.9. The van der Waals surface area contributed by atoms with Crippen molar-refractivity contribution < 1.29 is 9.59 Å². The first-order valence-corrected chi connectivity index (χ1v) is 11.0. The average molecular weight is 486 g/mol. The van der Waals surface area contributed by atoms with E-state index in [1.54, 1.807) is 12.1 Å². The van der Waals surface area contributed by atoms with Gasteiger partial charge in [0.1, 0.15) is 4.33 Å². The molecule has 1 saturated carbocycles. The Morgan fingerprint density at radius 3 is 2.43 bits per heavy atom. The van der Waals surface area contributed by atoms with Crippen molar-refractivity contribution >= 4 is 69.5 Å². The number of aryl methyl sites for hydroxylation is 1. The van der Waals surface area contributed by atoms with Gasteiger partial charge in [-0.1, -0.05) is 48.7 Å². The molecule has 0 aliphatic heterocycles.